The molecule has 336 valence electrons. The summed E-state index contributed by atoms with van der Waals surface area (Å²) >= 11 is 0. The van der Waals surface area contributed by atoms with Gasteiger partial charge in [0, 0.05) is 50.0 Å². The summed E-state index contributed by atoms with van der Waals surface area (Å²) in [6.45, 7) is 6.43. The number of amides is 2. The van der Waals surface area contributed by atoms with Crippen LogP contribution in [0.5, 0.6) is 0 Å². The molecule has 0 bridgehead atoms. The second kappa shape index (κ2) is 23.6. The van der Waals surface area contributed by atoms with E-state index >= 15 is 0 Å². The fraction of sp³-hybridized carbons (Fsp3) is 0.143. The van der Waals surface area contributed by atoms with E-state index in [1.54, 1.807) is 93.0 Å². The van der Waals surface area contributed by atoms with Crippen molar-refractivity contribution < 1.29 is 34.3 Å². The molecule has 12 N–H and O–H groups in total. The van der Waals surface area contributed by atoms with Gasteiger partial charge in [-0.25, -0.2) is 19.6 Å². The minimum absolute atomic E-state index is 0.0780. The molecule has 6 rings (SSSR count). The van der Waals surface area contributed by atoms with Crippen molar-refractivity contribution >= 4 is 81.4 Å². The molecule has 2 amide bonds. The van der Waals surface area contributed by atoms with E-state index in [4.69, 9.17) is 21.5 Å². The predicted molar refractivity (Wildman–Crippen MR) is 244 cm³/mol. The number of nitrogens with zero attached hydrogens (tertiary/aromatic N) is 8. The normalized spacial score (nSPS) is 10.7. The van der Waals surface area contributed by atoms with E-state index < -0.39 is 23.8 Å². The van der Waals surface area contributed by atoms with Crippen molar-refractivity contribution in [3.8, 4) is 0 Å². The maximum atomic E-state index is 12.3. The molecule has 0 saturated carbocycles. The number of aromatic nitrogens is 6. The number of oxime groups is 2. The van der Waals surface area contributed by atoms with E-state index in [2.05, 4.69) is 72.6 Å². The topological polar surface area (TPSA) is 344 Å². The fourth-order valence-electron chi connectivity index (χ4n) is 5.25. The highest BCUT2D eigenvalue weighted by molar-refractivity contribution is 6.00. The number of nitrogens with one attached hydrogen (secondary N) is 6. The number of carboxylic acid groups (broad SMARTS) is 1. The summed E-state index contributed by atoms with van der Waals surface area (Å²) in [6, 6.07) is 23.9. The zero-order chi connectivity index (χ0) is 47.5. The lowest BCUT2D eigenvalue weighted by Gasteiger charge is -2.15. The SMILES string of the molecule is C/C(N)=N/O.CNC(=O)c1nnc(Nc2ccccn2)cc1Nc1cccc(C(=O)O)c1C.CNC(=O)c1nnc(Nc2ccccn2)cc1Nc1cccc(C(=O)O/N=C(/C)N)c1C. The summed E-state index contributed by atoms with van der Waals surface area (Å²) in [6.07, 6.45) is 3.27. The van der Waals surface area contributed by atoms with E-state index in [0.717, 1.165) is 0 Å². The van der Waals surface area contributed by atoms with E-state index in [1.165, 1.54) is 34.0 Å². The Morgan fingerprint density at radius 2 is 1.03 bits per heavy atom. The summed E-state index contributed by atoms with van der Waals surface area (Å²) in [5.41, 5.74) is 13.8. The van der Waals surface area contributed by atoms with Crippen molar-refractivity contribution in [3.63, 3.8) is 0 Å². The molecule has 23 nitrogen and oxygen atoms in total. The van der Waals surface area contributed by atoms with Crippen molar-refractivity contribution in [1.29, 1.82) is 0 Å². The largest absolute Gasteiger partial charge is 0.478 e. The number of carbonyl (C=O) groups is 4. The first-order chi connectivity index (χ1) is 31.1. The van der Waals surface area contributed by atoms with Crippen LogP contribution in [0.25, 0.3) is 0 Å². The van der Waals surface area contributed by atoms with Gasteiger partial charge in [-0.15, -0.1) is 20.4 Å². The average molecular weight is 887 g/mol. The monoisotopic (exact) mass is 886 g/mol. The molecule has 23 heteroatoms. The fourth-order valence-corrected chi connectivity index (χ4v) is 5.25. The maximum Gasteiger partial charge on any atom is 0.366 e. The molecule has 0 aliphatic carbocycles. The number of benzene rings is 2. The first-order valence-corrected chi connectivity index (χ1v) is 19.1. The van der Waals surface area contributed by atoms with Gasteiger partial charge in [0.25, 0.3) is 11.8 Å². The number of nitrogens with two attached hydrogens (primary N) is 2. The molecule has 2 aromatic carbocycles. The van der Waals surface area contributed by atoms with E-state index in [1.807, 2.05) is 12.1 Å². The Labute approximate surface area is 371 Å². The minimum Gasteiger partial charge on any atom is -0.478 e. The Bertz CT molecular complexity index is 2680. The Morgan fingerprint density at radius 3 is 1.42 bits per heavy atom. The van der Waals surface area contributed by atoms with Crippen LogP contribution in [-0.4, -0.2) is 90.2 Å². The second-order valence-electron chi connectivity index (χ2n) is 13.2. The third-order valence-electron chi connectivity index (χ3n) is 8.40. The third-order valence-corrected chi connectivity index (χ3v) is 8.40. The number of anilines is 8. The van der Waals surface area contributed by atoms with Gasteiger partial charge in [-0.05, 0) is 87.4 Å². The first kappa shape index (κ1) is 48.4. The van der Waals surface area contributed by atoms with Gasteiger partial charge in [0.15, 0.2) is 23.0 Å². The van der Waals surface area contributed by atoms with Gasteiger partial charge in [-0.2, -0.15) is 0 Å². The molecule has 0 fully saturated rings. The standard InChI is InChI=1S/C21H22N8O3.C19H18N6O3.C2H6N2O/c1-12-14(21(31)32-29-13(2)22)7-6-8-15(12)25-16-11-18(26-17-9-4-5-10-24-17)27-28-19(16)20(30)23-3;1-11-12(19(27)28)6-5-7-13(11)22-14-10-16(23-15-8-3-4-9-21-15)24-25-17(14)18(26)20-2;1-2(3)4-5/h4-11H,1-3H3,(H2,22,29)(H,23,30)(H2,24,25,26,27);3-10H,1-2H3,(H,20,26)(H,27,28)(H2,21,22,23,24);5H,1H3,(H2,3,4). The summed E-state index contributed by atoms with van der Waals surface area (Å²) in [5, 5.41) is 56.4. The third kappa shape index (κ3) is 14.1. The van der Waals surface area contributed by atoms with Gasteiger partial charge in [-0.1, -0.05) is 34.6 Å². The summed E-state index contributed by atoms with van der Waals surface area (Å²) in [5.74, 6) is -0.346. The Morgan fingerprint density at radius 1 is 0.585 bits per heavy atom. The first-order valence-electron chi connectivity index (χ1n) is 19.1. The van der Waals surface area contributed by atoms with Gasteiger partial charge < -0.3 is 58.5 Å². The molecule has 0 saturated heterocycles. The number of pyridine rings is 2. The van der Waals surface area contributed by atoms with Crippen molar-refractivity contribution in [3.05, 3.63) is 131 Å². The van der Waals surface area contributed by atoms with Crippen LogP contribution in [0.2, 0.25) is 0 Å². The smallest absolute Gasteiger partial charge is 0.366 e. The van der Waals surface area contributed by atoms with E-state index in [-0.39, 0.29) is 34.2 Å². The molecular formula is C42H46N16O7. The lowest BCUT2D eigenvalue weighted by atomic mass is 10.1. The molecule has 0 aliphatic rings. The highest BCUT2D eigenvalue weighted by atomic mass is 16.7. The molecule has 0 spiro atoms. The Balaban J connectivity index is 0.000000259. The van der Waals surface area contributed by atoms with Crippen molar-refractivity contribution in [1.82, 2.24) is 41.0 Å². The van der Waals surface area contributed by atoms with Crippen LogP contribution in [-0.2, 0) is 4.84 Å². The van der Waals surface area contributed by atoms with E-state index in [0.29, 0.717) is 57.1 Å². The quantitative estimate of drug-likeness (QED) is 0.0241. The van der Waals surface area contributed by atoms with Crippen LogP contribution in [0.3, 0.4) is 0 Å². The molecule has 4 aromatic heterocycles. The summed E-state index contributed by atoms with van der Waals surface area (Å²) < 4.78 is 0. The van der Waals surface area contributed by atoms with Crippen LogP contribution in [0.1, 0.15) is 66.7 Å². The molecule has 0 unspecified atom stereocenters. The molecule has 0 aliphatic heterocycles. The average Bonchev–Trinajstić information content (AvgIpc) is 3.30. The Kier molecular flexibility index (Phi) is 17.6. The summed E-state index contributed by atoms with van der Waals surface area (Å²) in [7, 11) is 2.99. The molecule has 0 atom stereocenters. The van der Waals surface area contributed by atoms with Crippen LogP contribution >= 0.6 is 0 Å². The number of carboxylic acids is 1. The van der Waals surface area contributed by atoms with Crippen LogP contribution in [0.4, 0.5) is 46.0 Å². The van der Waals surface area contributed by atoms with Crippen LogP contribution < -0.4 is 43.4 Å². The lowest BCUT2D eigenvalue weighted by molar-refractivity contribution is 0.0513. The maximum absolute atomic E-state index is 12.3. The van der Waals surface area contributed by atoms with Gasteiger partial charge in [0.1, 0.15) is 23.3 Å². The lowest BCUT2D eigenvalue weighted by Crippen LogP contribution is -2.21. The number of rotatable bonds is 13. The number of carbonyl (C=O) groups excluding carboxylic acids is 3. The molecule has 0 radical (unpaired) electrons. The number of aromatic carboxylic acids is 1. The highest BCUT2D eigenvalue weighted by Crippen LogP contribution is 2.29. The Hall–Kier alpha value is -9.28. The highest BCUT2D eigenvalue weighted by Gasteiger charge is 2.20. The van der Waals surface area contributed by atoms with Gasteiger partial charge >= 0.3 is 11.9 Å². The van der Waals surface area contributed by atoms with Crippen LogP contribution in [0, 0.1) is 13.8 Å². The van der Waals surface area contributed by atoms with Gasteiger partial charge in [0.05, 0.1) is 22.5 Å². The summed E-state index contributed by atoms with van der Waals surface area (Å²) in [4.78, 5) is 61.4. The predicted octanol–water partition coefficient (Wildman–Crippen LogP) is 4.95. The van der Waals surface area contributed by atoms with Crippen molar-refractivity contribution in [2.24, 2.45) is 21.8 Å². The van der Waals surface area contributed by atoms with Gasteiger partial charge in [-0.3, -0.25) is 9.59 Å². The van der Waals surface area contributed by atoms with Crippen molar-refractivity contribution in [2.45, 2.75) is 27.7 Å². The number of hydrogen-bond acceptors (Lipinski definition) is 18. The molecule has 6 aromatic rings. The molecule has 4 heterocycles. The molecule has 65 heavy (non-hydrogen) atoms. The second-order valence-corrected chi connectivity index (χ2v) is 13.2. The number of hydrogen-bond donors (Lipinski definition) is 10. The van der Waals surface area contributed by atoms with Crippen LogP contribution in [0.15, 0.2) is 108 Å². The van der Waals surface area contributed by atoms with Gasteiger partial charge in [0.2, 0.25) is 0 Å². The number of amidine groups is 2. The van der Waals surface area contributed by atoms with E-state index in [9.17, 15) is 24.3 Å². The molecular weight excluding hydrogens is 841 g/mol. The zero-order valence-corrected chi connectivity index (χ0v) is 35.9. The minimum atomic E-state index is -1.03. The van der Waals surface area contributed by atoms with Crippen molar-refractivity contribution in [2.75, 3.05) is 35.4 Å². The zero-order valence-electron chi connectivity index (χ0n) is 35.9.